The van der Waals surface area contributed by atoms with Crippen molar-refractivity contribution in [3.05, 3.63) is 91.1 Å². The molecule has 0 spiro atoms. The quantitative estimate of drug-likeness (QED) is 0.134. The third-order valence-corrected chi connectivity index (χ3v) is 11.4. The Morgan fingerprint density at radius 3 is 1.25 bits per heavy atom. The number of allylic oxidation sites excluding steroid dienone is 3. The molecule has 0 heterocycles. The van der Waals surface area contributed by atoms with Crippen LogP contribution in [-0.4, -0.2) is 56.9 Å². The number of nitrogens with zero attached hydrogens (tertiary/aromatic N) is 6. The first-order valence-corrected chi connectivity index (χ1v) is 17.3. The van der Waals surface area contributed by atoms with Crippen LogP contribution in [0.3, 0.4) is 0 Å². The number of hydrogen-bond acceptors (Lipinski definition) is 12. The van der Waals surface area contributed by atoms with Crippen molar-refractivity contribution in [3.63, 3.8) is 0 Å². The summed E-state index contributed by atoms with van der Waals surface area (Å²) in [5.74, 6) is -1.83. The molecule has 2 aromatic rings. The van der Waals surface area contributed by atoms with E-state index in [-0.39, 0.29) is 16.9 Å². The molecule has 2 unspecified atom stereocenters. The van der Waals surface area contributed by atoms with E-state index < -0.39 is 69.1 Å². The lowest BCUT2D eigenvalue weighted by Gasteiger charge is -2.50. The van der Waals surface area contributed by atoms with Gasteiger partial charge in [-0.15, -0.1) is 0 Å². The van der Waals surface area contributed by atoms with Gasteiger partial charge >= 0.3 is 0 Å². The van der Waals surface area contributed by atoms with Crippen molar-refractivity contribution in [2.24, 2.45) is 0 Å². The molecule has 1 aliphatic rings. The summed E-state index contributed by atoms with van der Waals surface area (Å²) < 4.78 is 6.36. The lowest BCUT2D eigenvalue weighted by molar-refractivity contribution is -0.385. The van der Waals surface area contributed by atoms with Crippen molar-refractivity contribution in [2.45, 2.75) is 10.5 Å². The van der Waals surface area contributed by atoms with Crippen LogP contribution in [0.2, 0.25) is 0 Å². The smallest absolute Gasteiger partial charge is 0.269 e. The second kappa shape index (κ2) is 12.7. The van der Waals surface area contributed by atoms with Crippen molar-refractivity contribution in [2.75, 3.05) is 34.5 Å². The highest BCUT2D eigenvalue weighted by Gasteiger charge is 2.54. The molecule has 224 valence electrons. The first kappa shape index (κ1) is 32.8. The van der Waals surface area contributed by atoms with Crippen LogP contribution in [0.25, 0.3) is 0 Å². The molecule has 16 heteroatoms. The maximum atomic E-state index is 14.1. The maximum Gasteiger partial charge on any atom is 0.269 e. The summed E-state index contributed by atoms with van der Waals surface area (Å²) in [6, 6.07) is 17.5. The van der Waals surface area contributed by atoms with Crippen LogP contribution in [-0.2, 0) is 9.59 Å². The number of ketones is 2. The second-order valence-electron chi connectivity index (χ2n) is 10.1. The Bertz CT molecular complexity index is 1680. The number of carbonyl (C=O) groups is 2. The average Bonchev–Trinajstić information content (AvgIpc) is 2.95. The highest BCUT2D eigenvalue weighted by molar-refractivity contribution is 8.36. The van der Waals surface area contributed by atoms with E-state index in [4.69, 9.17) is 0 Å². The molecule has 0 amide bonds. The Kier molecular flexibility index (Phi) is 9.46. The molecule has 1 fully saturated rings. The van der Waals surface area contributed by atoms with E-state index in [1.165, 1.54) is 48.5 Å². The van der Waals surface area contributed by atoms with Gasteiger partial charge in [-0.3, -0.25) is 29.8 Å². The van der Waals surface area contributed by atoms with Gasteiger partial charge in [-0.25, -0.2) is 0 Å². The second-order valence-corrected chi connectivity index (χ2v) is 17.1. The Hall–Kier alpha value is -5.68. The number of benzene rings is 2. The molecular formula is C28H24N8O6S2. The van der Waals surface area contributed by atoms with Crippen LogP contribution in [0.15, 0.2) is 70.8 Å². The monoisotopic (exact) mass is 632 g/mol. The predicted molar refractivity (Wildman–Crippen MR) is 166 cm³/mol. The molecule has 1 saturated carbocycles. The highest BCUT2D eigenvalue weighted by atomic mass is 32.3. The summed E-state index contributed by atoms with van der Waals surface area (Å²) >= 11 is 0. The van der Waals surface area contributed by atoms with Crippen molar-refractivity contribution < 1.29 is 19.4 Å². The third kappa shape index (κ3) is 6.37. The minimum Gasteiger partial charge on any atom is -0.347 e. The van der Waals surface area contributed by atoms with E-state index in [1.54, 1.807) is 49.3 Å². The van der Waals surface area contributed by atoms with E-state index in [0.29, 0.717) is 11.4 Å². The Morgan fingerprint density at radius 2 is 0.977 bits per heavy atom. The van der Waals surface area contributed by atoms with Gasteiger partial charge < -0.3 is 9.44 Å². The van der Waals surface area contributed by atoms with Gasteiger partial charge in [0.2, 0.25) is 0 Å². The van der Waals surface area contributed by atoms with Gasteiger partial charge in [-0.2, -0.15) is 41.5 Å². The number of non-ortho nitro benzene ring substituents is 2. The van der Waals surface area contributed by atoms with E-state index in [0.717, 1.165) is 0 Å². The van der Waals surface area contributed by atoms with Crippen LogP contribution in [0.1, 0.15) is 0 Å². The van der Waals surface area contributed by atoms with E-state index in [1.807, 2.05) is 0 Å². The molecule has 2 N–H and O–H groups in total. The van der Waals surface area contributed by atoms with Gasteiger partial charge in [0.15, 0.2) is 11.6 Å². The van der Waals surface area contributed by atoms with E-state index >= 15 is 0 Å². The molecule has 3 rings (SSSR count). The summed E-state index contributed by atoms with van der Waals surface area (Å²) in [5, 5.41) is 58.9. The largest absolute Gasteiger partial charge is 0.347 e. The van der Waals surface area contributed by atoms with Crippen molar-refractivity contribution in [1.29, 1.82) is 21.0 Å². The summed E-state index contributed by atoms with van der Waals surface area (Å²) in [5.41, 5.74) is -1.58. The molecule has 14 nitrogen and oxygen atoms in total. The SMILES string of the molecule is CS(C)(Nc1ccc([N+](=O)[O-])cc1)C1C(=O)C(=C(C#N)C#N)C(=O)C(S(C)(C)Nc2ccc([N+](=O)[O-])cc2)C1=C(C#N)C#N. The fourth-order valence-corrected chi connectivity index (χ4v) is 9.69. The molecule has 0 aromatic heterocycles. The topological polar surface area (TPSA) is 240 Å². The lowest BCUT2D eigenvalue weighted by Crippen LogP contribution is -2.50. The molecule has 0 saturated heterocycles. The molecule has 0 bridgehead atoms. The Labute approximate surface area is 255 Å². The highest BCUT2D eigenvalue weighted by Crippen LogP contribution is 2.60. The zero-order valence-corrected chi connectivity index (χ0v) is 25.4. The number of nitriles is 4. The summed E-state index contributed by atoms with van der Waals surface area (Å²) in [6.45, 7) is 0. The number of nitrogens with one attached hydrogen (secondary N) is 2. The first-order chi connectivity index (χ1) is 20.6. The number of carbonyl (C=O) groups excluding carboxylic acids is 2. The number of nitro benzene ring substituents is 2. The zero-order chi connectivity index (χ0) is 33.0. The van der Waals surface area contributed by atoms with E-state index in [9.17, 15) is 50.9 Å². The fourth-order valence-electron chi connectivity index (χ4n) is 4.80. The zero-order valence-electron chi connectivity index (χ0n) is 23.7. The molecule has 1 aliphatic carbocycles. The van der Waals surface area contributed by atoms with Crippen molar-refractivity contribution >= 4 is 54.7 Å². The van der Waals surface area contributed by atoms with Crippen molar-refractivity contribution in [3.8, 4) is 24.3 Å². The van der Waals surface area contributed by atoms with Gasteiger partial charge in [0.05, 0.1) is 25.9 Å². The van der Waals surface area contributed by atoms with Crippen LogP contribution in [0, 0.1) is 65.6 Å². The lowest BCUT2D eigenvalue weighted by atomic mass is 9.83. The van der Waals surface area contributed by atoms with Crippen molar-refractivity contribution in [1.82, 2.24) is 0 Å². The number of anilines is 2. The maximum absolute atomic E-state index is 14.1. The molecule has 2 aromatic carbocycles. The molecule has 2 atom stereocenters. The fraction of sp³-hybridized carbons (Fsp3) is 0.214. The van der Waals surface area contributed by atoms with Gasteiger partial charge in [0.1, 0.15) is 35.4 Å². The van der Waals surface area contributed by atoms with Gasteiger partial charge in [-0.1, -0.05) is 0 Å². The third-order valence-electron chi connectivity index (χ3n) is 6.62. The number of nitro groups is 2. The van der Waals surface area contributed by atoms with E-state index in [2.05, 4.69) is 9.44 Å². The molecular weight excluding hydrogens is 608 g/mol. The first-order valence-electron chi connectivity index (χ1n) is 12.3. The average molecular weight is 633 g/mol. The number of hydrogen-bond donors (Lipinski definition) is 2. The summed E-state index contributed by atoms with van der Waals surface area (Å²) in [7, 11) is -5.09. The number of rotatable bonds is 8. The Morgan fingerprint density at radius 1 is 0.659 bits per heavy atom. The predicted octanol–water partition coefficient (Wildman–Crippen LogP) is 4.56. The molecule has 0 radical (unpaired) electrons. The van der Waals surface area contributed by atoms with Crippen LogP contribution < -0.4 is 9.44 Å². The summed E-state index contributed by atoms with van der Waals surface area (Å²) in [4.78, 5) is 49.4. The number of Topliss-reactive ketones (excluding diaryl/α,β-unsaturated/α-hetero) is 2. The van der Waals surface area contributed by atoms with Crippen LogP contribution in [0.4, 0.5) is 22.7 Å². The molecule has 44 heavy (non-hydrogen) atoms. The Balaban J connectivity index is 2.29. The normalized spacial score (nSPS) is 17.2. The standard InChI is InChI=1S/C28H24N8O6S2/c1-43(2,33-19-5-9-21(10-6-19)35(39)40)27-24(18(15-31)16-32)28(26(38)23(25(27)37)17(13-29)14-30)44(3,4)34-20-7-11-22(12-8-20)36(41)42/h5-12,27-28,33-34H,1-4H3. The van der Waals surface area contributed by atoms with Gasteiger partial charge in [0, 0.05) is 35.6 Å². The van der Waals surface area contributed by atoms with Crippen LogP contribution >= 0.6 is 20.4 Å². The molecule has 0 aliphatic heterocycles. The summed E-state index contributed by atoms with van der Waals surface area (Å²) in [6.07, 6.45) is 6.55. The van der Waals surface area contributed by atoms with Gasteiger partial charge in [0.25, 0.3) is 11.4 Å². The minimum atomic E-state index is -2.54. The van der Waals surface area contributed by atoms with Crippen LogP contribution in [0.5, 0.6) is 0 Å². The van der Waals surface area contributed by atoms with Gasteiger partial charge in [-0.05, 0) is 54.9 Å². The minimum absolute atomic E-state index is 0.0900.